The van der Waals surface area contributed by atoms with E-state index in [2.05, 4.69) is 17.1 Å². The van der Waals surface area contributed by atoms with Gasteiger partial charge in [-0.15, -0.1) is 0 Å². The monoisotopic (exact) mass is 310 g/mol. The smallest absolute Gasteiger partial charge is 0.263 e. The minimum atomic E-state index is -0.449. The van der Waals surface area contributed by atoms with Crippen LogP contribution >= 0.6 is 0 Å². The van der Waals surface area contributed by atoms with Gasteiger partial charge < -0.3 is 9.64 Å². The summed E-state index contributed by atoms with van der Waals surface area (Å²) in [5.74, 6) is 1.33. The van der Waals surface area contributed by atoms with E-state index in [4.69, 9.17) is 4.74 Å². The van der Waals surface area contributed by atoms with Crippen LogP contribution in [0.3, 0.4) is 0 Å². The molecule has 1 fully saturated rings. The first-order valence-corrected chi connectivity index (χ1v) is 8.14. The Kier molecular flexibility index (Phi) is 4.91. The third-order valence-electron chi connectivity index (χ3n) is 4.39. The number of amides is 1. The average molecular weight is 310 g/mol. The summed E-state index contributed by atoms with van der Waals surface area (Å²) < 4.78 is 5.74. The second kappa shape index (κ2) is 7.27. The molecule has 3 rings (SSSR count). The van der Waals surface area contributed by atoms with Crippen LogP contribution in [0.25, 0.3) is 0 Å². The van der Waals surface area contributed by atoms with Crippen LogP contribution in [0.15, 0.2) is 54.9 Å². The van der Waals surface area contributed by atoms with E-state index < -0.39 is 6.10 Å². The van der Waals surface area contributed by atoms with Gasteiger partial charge >= 0.3 is 0 Å². The van der Waals surface area contributed by atoms with Gasteiger partial charge in [-0.25, -0.2) is 0 Å². The maximum atomic E-state index is 12.5. The number of rotatable bonds is 4. The zero-order valence-corrected chi connectivity index (χ0v) is 13.4. The number of nitrogens with zero attached hydrogens (tertiary/aromatic N) is 2. The molecular weight excluding hydrogens is 288 g/mol. The fourth-order valence-electron chi connectivity index (χ4n) is 3.08. The fourth-order valence-corrected chi connectivity index (χ4v) is 3.08. The number of para-hydroxylation sites is 1. The first-order chi connectivity index (χ1) is 11.2. The first kappa shape index (κ1) is 15.5. The Morgan fingerprint density at radius 1 is 1.13 bits per heavy atom. The highest BCUT2D eigenvalue weighted by Crippen LogP contribution is 2.28. The van der Waals surface area contributed by atoms with Crippen LogP contribution in [0.1, 0.15) is 31.2 Å². The van der Waals surface area contributed by atoms with Crippen LogP contribution in [0.4, 0.5) is 0 Å². The Morgan fingerprint density at radius 3 is 2.43 bits per heavy atom. The molecule has 1 aromatic heterocycles. The van der Waals surface area contributed by atoms with E-state index in [9.17, 15) is 4.79 Å². The fraction of sp³-hybridized carbons (Fsp3) is 0.368. The average Bonchev–Trinajstić information content (AvgIpc) is 2.63. The summed E-state index contributed by atoms with van der Waals surface area (Å²) >= 11 is 0. The molecule has 23 heavy (non-hydrogen) atoms. The van der Waals surface area contributed by atoms with Gasteiger partial charge in [-0.1, -0.05) is 18.2 Å². The number of hydrogen-bond donors (Lipinski definition) is 0. The summed E-state index contributed by atoms with van der Waals surface area (Å²) in [6, 6.07) is 13.6. The number of likely N-dealkylation sites (tertiary alicyclic amines) is 1. The number of hydrogen-bond acceptors (Lipinski definition) is 3. The highest BCUT2D eigenvalue weighted by atomic mass is 16.5. The number of benzene rings is 1. The van der Waals surface area contributed by atoms with Crippen LogP contribution in [0, 0.1) is 0 Å². The Bertz CT molecular complexity index is 622. The van der Waals surface area contributed by atoms with Gasteiger partial charge in [-0.2, -0.15) is 0 Å². The number of pyridine rings is 1. The van der Waals surface area contributed by atoms with E-state index in [-0.39, 0.29) is 5.91 Å². The molecule has 1 aromatic carbocycles. The third kappa shape index (κ3) is 3.89. The molecule has 1 saturated heterocycles. The van der Waals surface area contributed by atoms with Gasteiger partial charge in [0, 0.05) is 25.5 Å². The molecule has 0 saturated carbocycles. The lowest BCUT2D eigenvalue weighted by atomic mass is 9.90. The maximum absolute atomic E-state index is 12.5. The Hall–Kier alpha value is -2.36. The lowest BCUT2D eigenvalue weighted by molar-refractivity contribution is -0.139. The van der Waals surface area contributed by atoms with E-state index >= 15 is 0 Å². The lowest BCUT2D eigenvalue weighted by Crippen LogP contribution is -2.44. The van der Waals surface area contributed by atoms with Gasteiger partial charge in [0.1, 0.15) is 5.75 Å². The van der Waals surface area contributed by atoms with Crippen molar-refractivity contribution in [2.45, 2.75) is 31.8 Å². The Labute approximate surface area is 137 Å². The van der Waals surface area contributed by atoms with Gasteiger partial charge in [0.25, 0.3) is 5.91 Å². The molecule has 2 aromatic rings. The summed E-state index contributed by atoms with van der Waals surface area (Å²) in [7, 11) is 0. The van der Waals surface area contributed by atoms with Crippen LogP contribution in [0.5, 0.6) is 5.75 Å². The van der Waals surface area contributed by atoms with Crippen molar-refractivity contribution in [1.29, 1.82) is 0 Å². The van der Waals surface area contributed by atoms with E-state index in [0.29, 0.717) is 5.92 Å². The number of carbonyl (C=O) groups is 1. The Morgan fingerprint density at radius 2 is 1.78 bits per heavy atom. The van der Waals surface area contributed by atoms with Crippen molar-refractivity contribution < 1.29 is 9.53 Å². The van der Waals surface area contributed by atoms with Crippen molar-refractivity contribution in [2.75, 3.05) is 13.1 Å². The predicted octanol–water partition coefficient (Wildman–Crippen LogP) is 3.26. The minimum absolute atomic E-state index is 0.0713. The molecule has 4 nitrogen and oxygen atoms in total. The summed E-state index contributed by atoms with van der Waals surface area (Å²) in [6.45, 7) is 3.40. The molecule has 0 radical (unpaired) electrons. The van der Waals surface area contributed by atoms with Crippen molar-refractivity contribution in [1.82, 2.24) is 9.88 Å². The normalized spacial score (nSPS) is 16.8. The standard InChI is InChI=1S/C19H22N2O2/c1-15(23-18-5-3-2-4-6-18)19(22)21-13-9-17(10-14-21)16-7-11-20-12-8-16/h2-8,11-12,15,17H,9-10,13-14H2,1H3/t15-/m0/s1. The summed E-state index contributed by atoms with van der Waals surface area (Å²) in [5, 5.41) is 0. The molecule has 1 amide bonds. The second-order valence-electron chi connectivity index (χ2n) is 5.95. The first-order valence-electron chi connectivity index (χ1n) is 8.14. The van der Waals surface area contributed by atoms with Gasteiger partial charge in [0.2, 0.25) is 0 Å². The van der Waals surface area contributed by atoms with Gasteiger partial charge in [0.15, 0.2) is 6.10 Å². The van der Waals surface area contributed by atoms with E-state index in [1.807, 2.05) is 54.5 Å². The van der Waals surface area contributed by atoms with E-state index in [0.717, 1.165) is 31.7 Å². The van der Waals surface area contributed by atoms with Gasteiger partial charge in [-0.05, 0) is 55.5 Å². The molecule has 0 aliphatic carbocycles. The third-order valence-corrected chi connectivity index (χ3v) is 4.39. The topological polar surface area (TPSA) is 42.4 Å². The van der Waals surface area contributed by atoms with Crippen LogP contribution in [0.2, 0.25) is 0 Å². The van der Waals surface area contributed by atoms with Crippen LogP contribution in [-0.2, 0) is 4.79 Å². The second-order valence-corrected chi connectivity index (χ2v) is 5.95. The van der Waals surface area contributed by atoms with Crippen molar-refractivity contribution >= 4 is 5.91 Å². The van der Waals surface area contributed by atoms with Gasteiger partial charge in [-0.3, -0.25) is 9.78 Å². The lowest BCUT2D eigenvalue weighted by Gasteiger charge is -2.33. The highest BCUT2D eigenvalue weighted by molar-refractivity contribution is 5.81. The quantitative estimate of drug-likeness (QED) is 0.870. The molecular formula is C19H22N2O2. The summed E-state index contributed by atoms with van der Waals surface area (Å²) in [4.78, 5) is 18.5. The molecule has 120 valence electrons. The SMILES string of the molecule is C[C@H](Oc1ccccc1)C(=O)N1CCC(c2ccncc2)CC1. The molecule has 0 N–H and O–H groups in total. The van der Waals surface area contributed by atoms with E-state index in [1.54, 1.807) is 0 Å². The maximum Gasteiger partial charge on any atom is 0.263 e. The molecule has 1 aliphatic rings. The highest BCUT2D eigenvalue weighted by Gasteiger charge is 2.27. The summed E-state index contributed by atoms with van der Waals surface area (Å²) in [5.41, 5.74) is 1.32. The molecule has 1 atom stereocenters. The molecule has 0 unspecified atom stereocenters. The largest absolute Gasteiger partial charge is 0.481 e. The van der Waals surface area contributed by atoms with Crippen LogP contribution in [-0.4, -0.2) is 35.0 Å². The summed E-state index contributed by atoms with van der Waals surface area (Å²) in [6.07, 6.45) is 5.21. The molecule has 4 heteroatoms. The van der Waals surface area contributed by atoms with E-state index in [1.165, 1.54) is 5.56 Å². The zero-order chi connectivity index (χ0) is 16.1. The van der Waals surface area contributed by atoms with Crippen LogP contribution < -0.4 is 4.74 Å². The molecule has 0 bridgehead atoms. The van der Waals surface area contributed by atoms with Crippen molar-refractivity contribution in [3.8, 4) is 5.75 Å². The molecule has 1 aliphatic heterocycles. The van der Waals surface area contributed by atoms with Crippen molar-refractivity contribution in [2.24, 2.45) is 0 Å². The van der Waals surface area contributed by atoms with Gasteiger partial charge in [0.05, 0.1) is 0 Å². The van der Waals surface area contributed by atoms with Crippen molar-refractivity contribution in [3.05, 3.63) is 60.4 Å². The molecule has 2 heterocycles. The number of ether oxygens (including phenoxy) is 1. The Balaban J connectivity index is 1.54. The van der Waals surface area contributed by atoms with Crippen molar-refractivity contribution in [3.63, 3.8) is 0 Å². The minimum Gasteiger partial charge on any atom is -0.481 e. The predicted molar refractivity (Wildman–Crippen MR) is 89.3 cm³/mol. The number of carbonyl (C=O) groups excluding carboxylic acids is 1. The number of piperidine rings is 1. The zero-order valence-electron chi connectivity index (χ0n) is 13.4. The number of aromatic nitrogens is 1. The molecule has 0 spiro atoms.